The van der Waals surface area contributed by atoms with Crippen molar-refractivity contribution in [2.75, 3.05) is 19.6 Å². The largest absolute Gasteiger partial charge is 0.370 e. The maximum atomic E-state index is 12.2. The van der Waals surface area contributed by atoms with E-state index in [0.717, 1.165) is 0 Å². The van der Waals surface area contributed by atoms with Gasteiger partial charge in [0.15, 0.2) is 0 Å². The minimum atomic E-state index is -0.0700. The molecule has 1 aliphatic rings. The second-order valence-electron chi connectivity index (χ2n) is 4.42. The molecule has 0 aromatic carbocycles. The van der Waals surface area contributed by atoms with Crippen molar-refractivity contribution in [2.45, 2.75) is 19.1 Å². The van der Waals surface area contributed by atoms with Gasteiger partial charge in [0.25, 0.3) is 5.91 Å². The van der Waals surface area contributed by atoms with Crippen LogP contribution in [0.5, 0.6) is 0 Å². The van der Waals surface area contributed by atoms with Gasteiger partial charge >= 0.3 is 0 Å². The van der Waals surface area contributed by atoms with E-state index in [1.165, 1.54) is 0 Å². The van der Waals surface area contributed by atoms with Gasteiger partial charge in [0.2, 0.25) is 0 Å². The third kappa shape index (κ3) is 2.65. The number of aryl methyl sites for hydroxylation is 1. The summed E-state index contributed by atoms with van der Waals surface area (Å²) in [6, 6.07) is 0. The Morgan fingerprint density at radius 1 is 1.65 bits per heavy atom. The molecule has 1 amide bonds. The Labute approximate surface area is 100 Å². The summed E-state index contributed by atoms with van der Waals surface area (Å²) >= 11 is 0. The monoisotopic (exact) mass is 238 g/mol. The number of carbonyl (C=O) groups excluding carboxylic acids is 1. The normalized spacial score (nSPS) is 25.0. The minimum absolute atomic E-state index is 0.00769. The van der Waals surface area contributed by atoms with Gasteiger partial charge in [-0.05, 0) is 6.92 Å². The third-order valence-corrected chi connectivity index (χ3v) is 2.83. The van der Waals surface area contributed by atoms with Crippen molar-refractivity contribution >= 4 is 5.91 Å². The number of nitrogens with zero attached hydrogens (tertiary/aromatic N) is 3. The standard InChI is InChI=1S/C11H18N4O2/c1-8-5-15(7-10(3-12)17-8)11(16)9-4-13-14(2)6-9/h4,6,8,10H,3,5,7,12H2,1-2H3. The van der Waals surface area contributed by atoms with Crippen LogP contribution in [0, 0.1) is 0 Å². The van der Waals surface area contributed by atoms with E-state index in [9.17, 15) is 4.79 Å². The first-order valence-electron chi connectivity index (χ1n) is 5.73. The van der Waals surface area contributed by atoms with E-state index in [2.05, 4.69) is 5.10 Å². The molecule has 2 rings (SSSR count). The van der Waals surface area contributed by atoms with E-state index in [1.807, 2.05) is 6.92 Å². The summed E-state index contributed by atoms with van der Waals surface area (Å²) in [5.74, 6) is -0.00769. The lowest BCUT2D eigenvalue weighted by molar-refractivity contribution is -0.0625. The molecule has 0 saturated carbocycles. The molecule has 17 heavy (non-hydrogen) atoms. The number of rotatable bonds is 2. The number of hydrogen-bond donors (Lipinski definition) is 1. The maximum Gasteiger partial charge on any atom is 0.257 e. The SMILES string of the molecule is CC1CN(C(=O)c2cnn(C)c2)CC(CN)O1. The lowest BCUT2D eigenvalue weighted by Crippen LogP contribution is -2.51. The van der Waals surface area contributed by atoms with Crippen molar-refractivity contribution in [1.29, 1.82) is 0 Å². The summed E-state index contributed by atoms with van der Waals surface area (Å²) in [5.41, 5.74) is 6.20. The topological polar surface area (TPSA) is 73.4 Å². The number of hydrogen-bond acceptors (Lipinski definition) is 4. The molecule has 1 aromatic rings. The molecule has 1 aliphatic heterocycles. The van der Waals surface area contributed by atoms with Gasteiger partial charge in [-0.3, -0.25) is 9.48 Å². The summed E-state index contributed by atoms with van der Waals surface area (Å²) < 4.78 is 7.24. The molecule has 2 atom stereocenters. The highest BCUT2D eigenvalue weighted by molar-refractivity contribution is 5.93. The van der Waals surface area contributed by atoms with E-state index in [1.54, 1.807) is 29.0 Å². The molecule has 0 radical (unpaired) electrons. The third-order valence-electron chi connectivity index (χ3n) is 2.83. The van der Waals surface area contributed by atoms with Gasteiger partial charge in [-0.1, -0.05) is 0 Å². The number of ether oxygens (including phenoxy) is 1. The summed E-state index contributed by atoms with van der Waals surface area (Å²) in [6.45, 7) is 3.53. The van der Waals surface area contributed by atoms with Crippen molar-refractivity contribution in [2.24, 2.45) is 12.8 Å². The van der Waals surface area contributed by atoms with Gasteiger partial charge in [0, 0.05) is 32.9 Å². The quantitative estimate of drug-likeness (QED) is 0.761. The zero-order valence-corrected chi connectivity index (χ0v) is 10.2. The number of aromatic nitrogens is 2. The molecule has 1 saturated heterocycles. The highest BCUT2D eigenvalue weighted by atomic mass is 16.5. The number of nitrogens with two attached hydrogens (primary N) is 1. The van der Waals surface area contributed by atoms with Crippen molar-refractivity contribution in [3.63, 3.8) is 0 Å². The molecule has 6 nitrogen and oxygen atoms in total. The predicted octanol–water partition coefficient (Wildman–Crippen LogP) is -0.392. The van der Waals surface area contributed by atoms with Crippen LogP contribution in [0.1, 0.15) is 17.3 Å². The summed E-state index contributed by atoms with van der Waals surface area (Å²) in [6.07, 6.45) is 3.26. The van der Waals surface area contributed by atoms with Crippen molar-refractivity contribution < 1.29 is 9.53 Å². The Bertz CT molecular complexity index is 404. The van der Waals surface area contributed by atoms with Crippen LogP contribution in [-0.4, -0.2) is 52.4 Å². The summed E-state index contributed by atoms with van der Waals surface area (Å²) in [5, 5.41) is 4.00. The minimum Gasteiger partial charge on any atom is -0.370 e. The number of morpholine rings is 1. The van der Waals surface area contributed by atoms with E-state index >= 15 is 0 Å². The molecule has 2 unspecified atom stereocenters. The van der Waals surface area contributed by atoms with Gasteiger partial charge in [-0.2, -0.15) is 5.10 Å². The Hall–Kier alpha value is -1.40. The van der Waals surface area contributed by atoms with Crippen molar-refractivity contribution in [3.05, 3.63) is 18.0 Å². The smallest absolute Gasteiger partial charge is 0.257 e. The zero-order chi connectivity index (χ0) is 12.4. The van der Waals surface area contributed by atoms with Crippen LogP contribution in [0.25, 0.3) is 0 Å². The lowest BCUT2D eigenvalue weighted by atomic mass is 10.2. The van der Waals surface area contributed by atoms with E-state index < -0.39 is 0 Å². The summed E-state index contributed by atoms with van der Waals surface area (Å²) in [7, 11) is 1.79. The van der Waals surface area contributed by atoms with E-state index in [4.69, 9.17) is 10.5 Å². The van der Waals surface area contributed by atoms with Crippen LogP contribution >= 0.6 is 0 Å². The van der Waals surface area contributed by atoms with Gasteiger partial charge in [0.05, 0.1) is 24.0 Å². The molecule has 2 N–H and O–H groups in total. The molecular formula is C11H18N4O2. The molecule has 0 bridgehead atoms. The fraction of sp³-hybridized carbons (Fsp3) is 0.636. The molecule has 94 valence electrons. The Morgan fingerprint density at radius 3 is 3.00 bits per heavy atom. The fourth-order valence-corrected chi connectivity index (χ4v) is 2.06. The molecule has 1 aromatic heterocycles. The van der Waals surface area contributed by atoms with Crippen molar-refractivity contribution in [3.8, 4) is 0 Å². The fourth-order valence-electron chi connectivity index (χ4n) is 2.06. The molecular weight excluding hydrogens is 220 g/mol. The molecule has 2 heterocycles. The van der Waals surface area contributed by atoms with Crippen molar-refractivity contribution in [1.82, 2.24) is 14.7 Å². The van der Waals surface area contributed by atoms with Crippen LogP contribution in [0.3, 0.4) is 0 Å². The van der Waals surface area contributed by atoms with Crippen LogP contribution in [0.15, 0.2) is 12.4 Å². The Balaban J connectivity index is 2.08. The molecule has 0 spiro atoms. The average molecular weight is 238 g/mol. The Morgan fingerprint density at radius 2 is 2.41 bits per heavy atom. The predicted molar refractivity (Wildman–Crippen MR) is 62.5 cm³/mol. The maximum absolute atomic E-state index is 12.2. The van der Waals surface area contributed by atoms with E-state index in [0.29, 0.717) is 25.2 Å². The number of carbonyl (C=O) groups is 1. The first-order valence-corrected chi connectivity index (χ1v) is 5.73. The zero-order valence-electron chi connectivity index (χ0n) is 10.2. The number of amides is 1. The van der Waals surface area contributed by atoms with Gasteiger partial charge in [0.1, 0.15) is 0 Å². The highest BCUT2D eigenvalue weighted by Gasteiger charge is 2.28. The van der Waals surface area contributed by atoms with Crippen LogP contribution in [-0.2, 0) is 11.8 Å². The lowest BCUT2D eigenvalue weighted by Gasteiger charge is -2.36. The van der Waals surface area contributed by atoms with Gasteiger partial charge < -0.3 is 15.4 Å². The van der Waals surface area contributed by atoms with Gasteiger partial charge in [-0.25, -0.2) is 0 Å². The molecule has 0 aliphatic carbocycles. The molecule has 1 fully saturated rings. The van der Waals surface area contributed by atoms with E-state index in [-0.39, 0.29) is 18.1 Å². The van der Waals surface area contributed by atoms with Crippen LogP contribution in [0.2, 0.25) is 0 Å². The first-order chi connectivity index (χ1) is 8.10. The summed E-state index contributed by atoms with van der Waals surface area (Å²) in [4.78, 5) is 14.0. The average Bonchev–Trinajstić information content (AvgIpc) is 2.74. The highest BCUT2D eigenvalue weighted by Crippen LogP contribution is 2.13. The molecule has 6 heteroatoms. The van der Waals surface area contributed by atoms with Crippen LogP contribution in [0.4, 0.5) is 0 Å². The Kier molecular flexibility index (Phi) is 3.44. The second-order valence-corrected chi connectivity index (χ2v) is 4.42. The van der Waals surface area contributed by atoms with Gasteiger partial charge in [-0.15, -0.1) is 0 Å². The first kappa shape index (κ1) is 12.1. The van der Waals surface area contributed by atoms with Crippen LogP contribution < -0.4 is 5.73 Å². The second kappa shape index (κ2) is 4.85.